The maximum absolute atomic E-state index is 12.6. The highest BCUT2D eigenvalue weighted by molar-refractivity contribution is 7.92. The third-order valence-electron chi connectivity index (χ3n) is 3.41. The van der Waals surface area contributed by atoms with Crippen LogP contribution in [0.2, 0.25) is 0 Å². The topological polar surface area (TPSA) is 119 Å². The summed E-state index contributed by atoms with van der Waals surface area (Å²) in [7, 11) is -7.21. The van der Waals surface area contributed by atoms with Gasteiger partial charge in [-0.1, -0.05) is 0 Å². The molecule has 1 amide bonds. The molecule has 8 nitrogen and oxygen atoms in total. The number of hydrogen-bond acceptors (Lipinski definition) is 6. The quantitative estimate of drug-likeness (QED) is 0.747. The van der Waals surface area contributed by atoms with Crippen LogP contribution in [0.15, 0.2) is 23.1 Å². The highest BCUT2D eigenvalue weighted by Crippen LogP contribution is 2.28. The molecular weight excluding hydrogens is 356 g/mol. The molecular formula is C14H20N2O6S2. The van der Waals surface area contributed by atoms with Gasteiger partial charge in [0.1, 0.15) is 10.6 Å². The molecule has 0 bridgehead atoms. The van der Waals surface area contributed by atoms with Crippen molar-refractivity contribution in [1.29, 1.82) is 0 Å². The van der Waals surface area contributed by atoms with Gasteiger partial charge < -0.3 is 10.1 Å². The summed E-state index contributed by atoms with van der Waals surface area (Å²) in [5, 5.41) is 2.51. The lowest BCUT2D eigenvalue weighted by molar-refractivity contribution is -0.114. The van der Waals surface area contributed by atoms with Gasteiger partial charge in [0.2, 0.25) is 15.9 Å². The lowest BCUT2D eigenvalue weighted by Gasteiger charge is -2.16. The third kappa shape index (κ3) is 4.68. The van der Waals surface area contributed by atoms with Crippen LogP contribution in [0.4, 0.5) is 5.69 Å². The van der Waals surface area contributed by atoms with Gasteiger partial charge in [0.25, 0.3) is 0 Å². The molecule has 1 saturated heterocycles. The fourth-order valence-corrected chi connectivity index (χ4v) is 5.66. The summed E-state index contributed by atoms with van der Waals surface area (Å²) >= 11 is 0. The van der Waals surface area contributed by atoms with E-state index in [9.17, 15) is 21.6 Å². The van der Waals surface area contributed by atoms with Crippen LogP contribution in [0.1, 0.15) is 20.3 Å². The second-order valence-corrected chi connectivity index (χ2v) is 9.41. The van der Waals surface area contributed by atoms with Crippen LogP contribution in [0.3, 0.4) is 0 Å². The van der Waals surface area contributed by atoms with Gasteiger partial charge in [-0.2, -0.15) is 0 Å². The average molecular weight is 376 g/mol. The van der Waals surface area contributed by atoms with Gasteiger partial charge >= 0.3 is 0 Å². The smallest absolute Gasteiger partial charge is 0.244 e. The van der Waals surface area contributed by atoms with Crippen LogP contribution >= 0.6 is 0 Å². The predicted molar refractivity (Wildman–Crippen MR) is 89.3 cm³/mol. The molecule has 0 aliphatic carbocycles. The lowest BCUT2D eigenvalue weighted by atomic mass is 10.3. The number of carbonyl (C=O) groups is 1. The van der Waals surface area contributed by atoms with Crippen molar-refractivity contribution in [3.05, 3.63) is 18.2 Å². The number of amides is 1. The summed E-state index contributed by atoms with van der Waals surface area (Å²) in [6.45, 7) is 3.29. The zero-order chi connectivity index (χ0) is 18.0. The van der Waals surface area contributed by atoms with Crippen molar-refractivity contribution in [2.24, 2.45) is 0 Å². The monoisotopic (exact) mass is 376 g/mol. The van der Waals surface area contributed by atoms with Gasteiger partial charge in [-0.15, -0.1) is 0 Å². The van der Waals surface area contributed by atoms with E-state index in [1.807, 2.05) is 0 Å². The first kappa shape index (κ1) is 18.7. The fraction of sp³-hybridized carbons (Fsp3) is 0.500. The largest absolute Gasteiger partial charge is 0.492 e. The minimum atomic E-state index is -4.00. The van der Waals surface area contributed by atoms with E-state index in [4.69, 9.17) is 4.74 Å². The standard InChI is InChI=1S/C14H20N2O6S2/c1-3-22-13-5-4-11(15-10(2)17)8-14(13)24(20,21)16-12-6-7-23(18,19)9-12/h4-5,8,12,16H,3,6-7,9H2,1-2H3,(H,15,17)/t12-/m1/s1. The van der Waals surface area contributed by atoms with Crippen LogP contribution < -0.4 is 14.8 Å². The Kier molecular flexibility index (Phi) is 5.51. The predicted octanol–water partition coefficient (Wildman–Crippen LogP) is 0.509. The van der Waals surface area contributed by atoms with Gasteiger partial charge in [0.15, 0.2) is 9.84 Å². The van der Waals surface area contributed by atoms with E-state index in [0.29, 0.717) is 5.69 Å². The lowest BCUT2D eigenvalue weighted by Crippen LogP contribution is -2.35. The number of sulfone groups is 1. The molecule has 1 aliphatic rings. The third-order valence-corrected chi connectivity index (χ3v) is 6.72. The Bertz CT molecular complexity index is 833. The molecule has 1 aliphatic heterocycles. The normalized spacial score (nSPS) is 19.8. The maximum Gasteiger partial charge on any atom is 0.244 e. The van der Waals surface area contributed by atoms with Crippen LogP contribution in [0, 0.1) is 0 Å². The second kappa shape index (κ2) is 7.08. The van der Waals surface area contributed by atoms with Crippen molar-refractivity contribution >= 4 is 31.5 Å². The molecule has 1 atom stereocenters. The molecule has 1 fully saturated rings. The molecule has 134 valence electrons. The number of hydrogen-bond donors (Lipinski definition) is 2. The van der Waals surface area contributed by atoms with E-state index in [1.54, 1.807) is 6.92 Å². The van der Waals surface area contributed by atoms with Crippen LogP contribution in [-0.2, 0) is 24.7 Å². The van der Waals surface area contributed by atoms with Gasteiger partial charge in [-0.05, 0) is 31.5 Å². The zero-order valence-electron chi connectivity index (χ0n) is 13.4. The summed E-state index contributed by atoms with van der Waals surface area (Å²) in [5.74, 6) is -0.455. The Hall–Kier alpha value is -1.65. The Morgan fingerprint density at radius 2 is 2.08 bits per heavy atom. The van der Waals surface area contributed by atoms with Crippen LogP contribution in [0.5, 0.6) is 5.75 Å². The van der Waals surface area contributed by atoms with Gasteiger partial charge in [-0.3, -0.25) is 4.79 Å². The Balaban J connectivity index is 2.34. The first-order valence-corrected chi connectivity index (χ1v) is 10.7. The zero-order valence-corrected chi connectivity index (χ0v) is 15.0. The summed E-state index contributed by atoms with van der Waals surface area (Å²) in [4.78, 5) is 11.0. The van der Waals surface area contributed by atoms with E-state index in [-0.39, 0.29) is 41.1 Å². The van der Waals surface area contributed by atoms with E-state index in [0.717, 1.165) is 0 Å². The highest BCUT2D eigenvalue weighted by Gasteiger charge is 2.32. The number of nitrogens with one attached hydrogen (secondary N) is 2. The van der Waals surface area contributed by atoms with E-state index in [2.05, 4.69) is 10.0 Å². The minimum absolute atomic E-state index is 0.0373. The number of sulfonamides is 1. The Morgan fingerprint density at radius 3 is 2.62 bits per heavy atom. The first-order valence-electron chi connectivity index (χ1n) is 7.40. The van der Waals surface area contributed by atoms with Crippen molar-refractivity contribution in [2.45, 2.75) is 31.2 Å². The number of ether oxygens (including phenoxy) is 1. The molecule has 2 N–H and O–H groups in total. The van der Waals surface area contributed by atoms with E-state index in [1.165, 1.54) is 25.1 Å². The molecule has 1 aromatic carbocycles. The molecule has 1 heterocycles. The minimum Gasteiger partial charge on any atom is -0.492 e. The summed E-state index contributed by atoms with van der Waals surface area (Å²) in [5.41, 5.74) is 0.311. The van der Waals surface area contributed by atoms with Crippen molar-refractivity contribution in [2.75, 3.05) is 23.4 Å². The van der Waals surface area contributed by atoms with E-state index < -0.39 is 25.9 Å². The molecule has 10 heteroatoms. The number of benzene rings is 1. The Morgan fingerprint density at radius 1 is 1.38 bits per heavy atom. The highest BCUT2D eigenvalue weighted by atomic mass is 32.2. The second-order valence-electron chi connectivity index (χ2n) is 5.50. The molecule has 0 unspecified atom stereocenters. The molecule has 1 aromatic rings. The molecule has 0 aromatic heterocycles. The Labute approximate surface area is 141 Å². The summed E-state index contributed by atoms with van der Waals surface area (Å²) < 4.78 is 56.0. The van der Waals surface area contributed by atoms with Crippen LogP contribution in [0.25, 0.3) is 0 Å². The SMILES string of the molecule is CCOc1ccc(NC(C)=O)cc1S(=O)(=O)N[C@@H]1CCS(=O)(=O)C1. The van der Waals surface area contributed by atoms with E-state index >= 15 is 0 Å². The van der Waals surface area contributed by atoms with Crippen molar-refractivity contribution < 1.29 is 26.4 Å². The molecule has 0 radical (unpaired) electrons. The molecule has 0 spiro atoms. The number of anilines is 1. The summed E-state index contributed by atoms with van der Waals surface area (Å²) in [6.07, 6.45) is 0.233. The summed E-state index contributed by atoms with van der Waals surface area (Å²) in [6, 6.07) is 3.61. The maximum atomic E-state index is 12.6. The number of carbonyl (C=O) groups excluding carboxylic acids is 1. The molecule has 0 saturated carbocycles. The van der Waals surface area contributed by atoms with Crippen LogP contribution in [-0.4, -0.2) is 46.9 Å². The van der Waals surface area contributed by atoms with Gasteiger partial charge in [0, 0.05) is 18.7 Å². The number of rotatable bonds is 6. The molecule has 2 rings (SSSR count). The first-order chi connectivity index (χ1) is 11.1. The average Bonchev–Trinajstić information content (AvgIpc) is 2.78. The van der Waals surface area contributed by atoms with Gasteiger partial charge in [0.05, 0.1) is 18.1 Å². The van der Waals surface area contributed by atoms with Crippen molar-refractivity contribution in [3.8, 4) is 5.75 Å². The fourth-order valence-electron chi connectivity index (χ4n) is 2.44. The van der Waals surface area contributed by atoms with Crippen molar-refractivity contribution in [1.82, 2.24) is 4.72 Å². The van der Waals surface area contributed by atoms with Gasteiger partial charge in [-0.25, -0.2) is 21.6 Å². The van der Waals surface area contributed by atoms with Crippen molar-refractivity contribution in [3.63, 3.8) is 0 Å². The molecule has 24 heavy (non-hydrogen) atoms.